The maximum atomic E-state index is 5.76. The predicted molar refractivity (Wildman–Crippen MR) is 68.0 cm³/mol. The molecule has 16 heavy (non-hydrogen) atoms. The fraction of sp³-hybridized carbons (Fsp3) is 0.0769. The van der Waals surface area contributed by atoms with Crippen LogP contribution in [0.2, 0.25) is 0 Å². The van der Waals surface area contributed by atoms with Crippen LogP contribution in [-0.2, 0) is 0 Å². The van der Waals surface area contributed by atoms with Crippen molar-refractivity contribution >= 4 is 17.4 Å². The van der Waals surface area contributed by atoms with Gasteiger partial charge in [-0.2, -0.15) is 0 Å². The molecule has 2 aromatic carbocycles. The summed E-state index contributed by atoms with van der Waals surface area (Å²) in [5, 5.41) is 0. The molecule has 0 saturated heterocycles. The fourth-order valence-corrected chi connectivity index (χ4v) is 2.25. The maximum Gasteiger partial charge on any atom is 0.142 e. The summed E-state index contributed by atoms with van der Waals surface area (Å²) in [5.74, 6) is 0.723. The van der Waals surface area contributed by atoms with Crippen LogP contribution in [0.15, 0.2) is 58.3 Å². The second-order valence-corrected chi connectivity index (χ2v) is 4.47. The summed E-state index contributed by atoms with van der Waals surface area (Å²) >= 11 is 1.69. The van der Waals surface area contributed by atoms with Gasteiger partial charge in [-0.3, -0.25) is 0 Å². The van der Waals surface area contributed by atoms with Crippen LogP contribution in [0.1, 0.15) is 0 Å². The van der Waals surface area contributed by atoms with Crippen LogP contribution in [0.4, 0.5) is 5.69 Å². The minimum Gasteiger partial charge on any atom is -0.495 e. The predicted octanol–water partition coefficient (Wildman–Crippen LogP) is 3.43. The first-order valence-electron chi connectivity index (χ1n) is 4.96. The van der Waals surface area contributed by atoms with E-state index in [-0.39, 0.29) is 0 Å². The van der Waals surface area contributed by atoms with Crippen molar-refractivity contribution in [1.29, 1.82) is 0 Å². The van der Waals surface area contributed by atoms with E-state index < -0.39 is 0 Å². The molecule has 82 valence electrons. The average molecular weight is 231 g/mol. The molecule has 0 radical (unpaired) electrons. The second kappa shape index (κ2) is 4.94. The van der Waals surface area contributed by atoms with Crippen molar-refractivity contribution in [3.8, 4) is 5.75 Å². The minimum atomic E-state index is 0.667. The molecule has 2 rings (SSSR count). The van der Waals surface area contributed by atoms with E-state index in [9.17, 15) is 0 Å². The van der Waals surface area contributed by atoms with Gasteiger partial charge in [0.05, 0.1) is 12.8 Å². The second-order valence-electron chi connectivity index (χ2n) is 3.32. The minimum absolute atomic E-state index is 0.667. The molecule has 0 aliphatic carbocycles. The van der Waals surface area contributed by atoms with Gasteiger partial charge in [-0.1, -0.05) is 30.0 Å². The van der Waals surface area contributed by atoms with Crippen molar-refractivity contribution in [2.45, 2.75) is 9.79 Å². The normalized spacial score (nSPS) is 10.1. The van der Waals surface area contributed by atoms with Gasteiger partial charge in [0.25, 0.3) is 0 Å². The third-order valence-corrected chi connectivity index (χ3v) is 3.18. The first-order valence-corrected chi connectivity index (χ1v) is 5.77. The molecule has 0 fully saturated rings. The van der Waals surface area contributed by atoms with Crippen molar-refractivity contribution in [1.82, 2.24) is 0 Å². The Kier molecular flexibility index (Phi) is 3.37. The van der Waals surface area contributed by atoms with Gasteiger partial charge in [0.15, 0.2) is 0 Å². The lowest BCUT2D eigenvalue weighted by atomic mass is 10.3. The van der Waals surface area contributed by atoms with Crippen molar-refractivity contribution < 1.29 is 4.74 Å². The molecule has 0 unspecified atom stereocenters. The Bertz CT molecular complexity index is 471. The fourth-order valence-electron chi connectivity index (χ4n) is 1.38. The number of nitrogen functional groups attached to an aromatic ring is 1. The highest BCUT2D eigenvalue weighted by atomic mass is 32.2. The third kappa shape index (κ3) is 2.49. The monoisotopic (exact) mass is 231 g/mol. The van der Waals surface area contributed by atoms with Gasteiger partial charge in [-0.15, -0.1) is 0 Å². The van der Waals surface area contributed by atoms with Crippen LogP contribution in [0.3, 0.4) is 0 Å². The van der Waals surface area contributed by atoms with E-state index in [1.54, 1.807) is 18.9 Å². The molecule has 0 aliphatic rings. The lowest BCUT2D eigenvalue weighted by Crippen LogP contribution is -1.91. The van der Waals surface area contributed by atoms with E-state index in [0.717, 1.165) is 10.6 Å². The zero-order valence-corrected chi connectivity index (χ0v) is 9.83. The Morgan fingerprint density at radius 1 is 1.00 bits per heavy atom. The summed E-state index contributed by atoms with van der Waals surface area (Å²) in [5.41, 5.74) is 6.43. The van der Waals surface area contributed by atoms with Gasteiger partial charge in [-0.05, 0) is 30.3 Å². The topological polar surface area (TPSA) is 35.2 Å². The standard InChI is InChI=1S/C13H13NOS/c1-15-13-9-11(7-8-12(13)14)16-10-5-3-2-4-6-10/h2-9H,14H2,1H3. The van der Waals surface area contributed by atoms with Crippen molar-refractivity contribution in [3.63, 3.8) is 0 Å². The van der Waals surface area contributed by atoms with Crippen LogP contribution in [-0.4, -0.2) is 7.11 Å². The molecule has 0 aromatic heterocycles. The van der Waals surface area contributed by atoms with Gasteiger partial charge in [-0.25, -0.2) is 0 Å². The van der Waals surface area contributed by atoms with E-state index in [1.165, 1.54) is 4.90 Å². The molecule has 0 bridgehead atoms. The molecule has 2 N–H and O–H groups in total. The number of hydrogen-bond donors (Lipinski definition) is 1. The number of nitrogens with two attached hydrogens (primary N) is 1. The van der Waals surface area contributed by atoms with Gasteiger partial charge in [0.2, 0.25) is 0 Å². The first-order chi connectivity index (χ1) is 7.79. The Morgan fingerprint density at radius 3 is 2.44 bits per heavy atom. The SMILES string of the molecule is COc1cc(Sc2ccccc2)ccc1N. The Hall–Kier alpha value is -1.61. The smallest absolute Gasteiger partial charge is 0.142 e. The molecule has 0 heterocycles. The van der Waals surface area contributed by atoms with Crippen LogP contribution >= 0.6 is 11.8 Å². The zero-order chi connectivity index (χ0) is 11.4. The Balaban J connectivity index is 2.22. The lowest BCUT2D eigenvalue weighted by Gasteiger charge is -2.07. The zero-order valence-electron chi connectivity index (χ0n) is 9.01. The lowest BCUT2D eigenvalue weighted by molar-refractivity contribution is 0.416. The number of anilines is 1. The van der Waals surface area contributed by atoms with Gasteiger partial charge < -0.3 is 10.5 Å². The van der Waals surface area contributed by atoms with Crippen LogP contribution in [0.25, 0.3) is 0 Å². The van der Waals surface area contributed by atoms with E-state index in [0.29, 0.717) is 5.69 Å². The molecule has 0 amide bonds. The third-order valence-electron chi connectivity index (χ3n) is 2.18. The number of methoxy groups -OCH3 is 1. The molecular formula is C13H13NOS. The van der Waals surface area contributed by atoms with Crippen LogP contribution < -0.4 is 10.5 Å². The van der Waals surface area contributed by atoms with Crippen LogP contribution in [0, 0.1) is 0 Å². The molecule has 0 saturated carbocycles. The molecule has 3 heteroatoms. The van der Waals surface area contributed by atoms with Gasteiger partial charge >= 0.3 is 0 Å². The van der Waals surface area contributed by atoms with E-state index in [4.69, 9.17) is 10.5 Å². The summed E-state index contributed by atoms with van der Waals surface area (Å²) < 4.78 is 5.18. The number of ether oxygens (including phenoxy) is 1. The summed E-state index contributed by atoms with van der Waals surface area (Å²) in [6, 6.07) is 16.0. The number of benzene rings is 2. The largest absolute Gasteiger partial charge is 0.495 e. The van der Waals surface area contributed by atoms with Gasteiger partial charge in [0, 0.05) is 9.79 Å². The quantitative estimate of drug-likeness (QED) is 0.822. The molecule has 0 atom stereocenters. The van der Waals surface area contributed by atoms with Crippen molar-refractivity contribution in [3.05, 3.63) is 48.5 Å². The number of rotatable bonds is 3. The highest BCUT2D eigenvalue weighted by Crippen LogP contribution is 2.32. The Morgan fingerprint density at radius 2 is 1.75 bits per heavy atom. The van der Waals surface area contributed by atoms with Gasteiger partial charge in [0.1, 0.15) is 5.75 Å². The molecule has 2 aromatic rings. The van der Waals surface area contributed by atoms with Crippen LogP contribution in [0.5, 0.6) is 5.75 Å². The molecule has 0 aliphatic heterocycles. The average Bonchev–Trinajstić information content (AvgIpc) is 2.33. The highest BCUT2D eigenvalue weighted by Gasteiger charge is 2.02. The van der Waals surface area contributed by atoms with Crippen molar-refractivity contribution in [2.24, 2.45) is 0 Å². The summed E-state index contributed by atoms with van der Waals surface area (Å²) in [6.45, 7) is 0. The first kappa shape index (κ1) is 10.9. The van der Waals surface area contributed by atoms with E-state index in [2.05, 4.69) is 12.1 Å². The maximum absolute atomic E-state index is 5.76. The highest BCUT2D eigenvalue weighted by molar-refractivity contribution is 7.99. The summed E-state index contributed by atoms with van der Waals surface area (Å²) in [7, 11) is 1.63. The summed E-state index contributed by atoms with van der Waals surface area (Å²) in [6.07, 6.45) is 0. The van der Waals surface area contributed by atoms with E-state index in [1.807, 2.05) is 36.4 Å². The molecule has 0 spiro atoms. The Labute approximate surface area is 99.4 Å². The van der Waals surface area contributed by atoms with E-state index >= 15 is 0 Å². The summed E-state index contributed by atoms with van der Waals surface area (Å²) in [4.78, 5) is 2.33. The van der Waals surface area contributed by atoms with Crippen molar-refractivity contribution in [2.75, 3.05) is 12.8 Å². The molecular weight excluding hydrogens is 218 g/mol. The molecule has 2 nitrogen and oxygen atoms in total. The number of hydrogen-bond acceptors (Lipinski definition) is 3.